The third-order valence-corrected chi connectivity index (χ3v) is 5.22. The molecule has 1 heterocycles. The molecule has 8 heteroatoms. The van der Waals surface area contributed by atoms with E-state index in [0.29, 0.717) is 5.56 Å². The fourth-order valence-electron chi connectivity index (χ4n) is 2.41. The van der Waals surface area contributed by atoms with Gasteiger partial charge in [-0.3, -0.25) is 4.72 Å². The molecule has 0 radical (unpaired) electrons. The van der Waals surface area contributed by atoms with E-state index in [4.69, 9.17) is 5.11 Å². The maximum atomic E-state index is 12.6. The second-order valence-corrected chi connectivity index (χ2v) is 7.58. The Hall–Kier alpha value is -3.13. The number of sulfonamides is 1. The number of anilines is 1. The number of aromatic nitrogens is 2. The van der Waals surface area contributed by atoms with Crippen LogP contribution in [0.25, 0.3) is 5.69 Å². The van der Waals surface area contributed by atoms with Crippen molar-refractivity contribution in [2.24, 2.45) is 0 Å². The highest BCUT2D eigenvalue weighted by Gasteiger charge is 2.18. The Morgan fingerprint density at radius 3 is 2.46 bits per heavy atom. The van der Waals surface area contributed by atoms with Crippen LogP contribution in [0.4, 0.5) is 5.69 Å². The van der Waals surface area contributed by atoms with Crippen molar-refractivity contribution < 1.29 is 18.3 Å². The van der Waals surface area contributed by atoms with Gasteiger partial charge < -0.3 is 5.11 Å². The van der Waals surface area contributed by atoms with Crippen molar-refractivity contribution in [3.8, 4) is 5.69 Å². The topological polar surface area (TPSA) is 101 Å². The first kappa shape index (κ1) is 17.7. The maximum absolute atomic E-state index is 12.6. The van der Waals surface area contributed by atoms with Crippen LogP contribution in [-0.4, -0.2) is 29.3 Å². The first-order valence-electron chi connectivity index (χ1n) is 7.75. The van der Waals surface area contributed by atoms with E-state index in [1.54, 1.807) is 13.0 Å². The van der Waals surface area contributed by atoms with Crippen molar-refractivity contribution >= 4 is 21.7 Å². The summed E-state index contributed by atoms with van der Waals surface area (Å²) >= 11 is 0. The number of nitrogens with one attached hydrogen (secondary N) is 1. The molecule has 0 amide bonds. The van der Waals surface area contributed by atoms with Gasteiger partial charge in [0.05, 0.1) is 23.6 Å². The van der Waals surface area contributed by atoms with E-state index in [-0.39, 0.29) is 16.1 Å². The smallest absolute Gasteiger partial charge is 0.336 e. The van der Waals surface area contributed by atoms with Crippen LogP contribution in [0.2, 0.25) is 0 Å². The van der Waals surface area contributed by atoms with E-state index in [2.05, 4.69) is 9.82 Å². The van der Waals surface area contributed by atoms with Crippen LogP contribution in [-0.2, 0) is 10.0 Å². The summed E-state index contributed by atoms with van der Waals surface area (Å²) in [7, 11) is -3.89. The van der Waals surface area contributed by atoms with Gasteiger partial charge in [0.25, 0.3) is 10.0 Å². The molecule has 2 N–H and O–H groups in total. The Balaban J connectivity index is 1.88. The molecule has 0 spiro atoms. The van der Waals surface area contributed by atoms with Gasteiger partial charge in [-0.15, -0.1) is 0 Å². The molecule has 0 atom stereocenters. The lowest BCUT2D eigenvalue weighted by Gasteiger charge is -2.08. The summed E-state index contributed by atoms with van der Waals surface area (Å²) in [6.07, 6.45) is 2.65. The lowest BCUT2D eigenvalue weighted by atomic mass is 10.1. The minimum Gasteiger partial charge on any atom is -0.478 e. The van der Waals surface area contributed by atoms with Crippen LogP contribution in [0.5, 0.6) is 0 Å². The molecule has 0 saturated carbocycles. The third-order valence-electron chi connectivity index (χ3n) is 3.89. The lowest BCUT2D eigenvalue weighted by molar-refractivity contribution is 0.0696. The molecule has 0 fully saturated rings. The zero-order valence-electron chi connectivity index (χ0n) is 14.2. The van der Waals surface area contributed by atoms with E-state index in [1.807, 2.05) is 31.2 Å². The molecule has 0 unspecified atom stereocenters. The van der Waals surface area contributed by atoms with Gasteiger partial charge >= 0.3 is 5.97 Å². The van der Waals surface area contributed by atoms with Gasteiger partial charge in [0.1, 0.15) is 4.90 Å². The molecule has 3 rings (SSSR count). The van der Waals surface area contributed by atoms with Gasteiger partial charge in [-0.2, -0.15) is 5.10 Å². The number of carboxylic acids is 1. The second-order valence-electron chi connectivity index (χ2n) is 5.90. The van der Waals surface area contributed by atoms with Gasteiger partial charge in [-0.05, 0) is 43.7 Å². The van der Waals surface area contributed by atoms with E-state index < -0.39 is 16.0 Å². The summed E-state index contributed by atoms with van der Waals surface area (Å²) in [5.74, 6) is -1.12. The summed E-state index contributed by atoms with van der Waals surface area (Å²) in [4.78, 5) is 11.2. The molecule has 0 aliphatic heterocycles. The molecule has 26 heavy (non-hydrogen) atoms. The summed E-state index contributed by atoms with van der Waals surface area (Å²) in [6, 6.07) is 11.9. The highest BCUT2D eigenvalue weighted by atomic mass is 32.2. The number of rotatable bonds is 5. The second kappa shape index (κ2) is 6.64. The molecule has 0 bridgehead atoms. The van der Waals surface area contributed by atoms with E-state index in [0.717, 1.165) is 11.3 Å². The SMILES string of the molecule is Cc1ccc(-n2cc(S(=O)(=O)Nc3ccc(C)c(C(=O)O)c3)cn2)cc1. The van der Waals surface area contributed by atoms with Crippen LogP contribution in [0.1, 0.15) is 21.5 Å². The highest BCUT2D eigenvalue weighted by molar-refractivity contribution is 7.92. The minimum absolute atomic E-state index is 0.0180. The fourth-order valence-corrected chi connectivity index (χ4v) is 3.39. The molecule has 0 aliphatic rings. The van der Waals surface area contributed by atoms with Gasteiger partial charge in [-0.1, -0.05) is 23.8 Å². The number of benzene rings is 2. The number of carboxylic acid groups (broad SMARTS) is 1. The van der Waals surface area contributed by atoms with Gasteiger partial charge in [0, 0.05) is 5.69 Å². The van der Waals surface area contributed by atoms with Crippen molar-refractivity contribution in [3.05, 3.63) is 71.5 Å². The number of carbonyl (C=O) groups is 1. The predicted octanol–water partition coefficient (Wildman–Crippen LogP) is 2.99. The Bertz CT molecular complexity index is 1070. The van der Waals surface area contributed by atoms with Gasteiger partial charge in [0.2, 0.25) is 0 Å². The molecule has 1 aromatic heterocycles. The number of aryl methyl sites for hydroxylation is 2. The standard InChI is InChI=1S/C18H17N3O4S/c1-12-3-7-15(8-4-12)21-11-16(10-19-21)26(24,25)20-14-6-5-13(2)17(9-14)18(22)23/h3-11,20H,1-2H3,(H,22,23). The van der Waals surface area contributed by atoms with Crippen LogP contribution < -0.4 is 4.72 Å². The number of aromatic carboxylic acids is 1. The minimum atomic E-state index is -3.89. The zero-order chi connectivity index (χ0) is 18.9. The summed E-state index contributed by atoms with van der Waals surface area (Å²) in [5.41, 5.74) is 2.59. The quantitative estimate of drug-likeness (QED) is 0.718. The van der Waals surface area contributed by atoms with Gasteiger partial charge in [-0.25, -0.2) is 17.9 Å². The Morgan fingerprint density at radius 2 is 1.81 bits per heavy atom. The molecular formula is C18H17N3O4S. The molecular weight excluding hydrogens is 354 g/mol. The lowest BCUT2D eigenvalue weighted by Crippen LogP contribution is -2.13. The summed E-state index contributed by atoms with van der Waals surface area (Å²) < 4.78 is 29.0. The monoisotopic (exact) mass is 371 g/mol. The number of hydrogen-bond donors (Lipinski definition) is 2. The molecule has 7 nitrogen and oxygen atoms in total. The third kappa shape index (κ3) is 3.60. The van der Waals surface area contributed by atoms with E-state index >= 15 is 0 Å². The summed E-state index contributed by atoms with van der Waals surface area (Å²) in [5, 5.41) is 13.3. The van der Waals surface area contributed by atoms with E-state index in [1.165, 1.54) is 29.2 Å². The fraction of sp³-hybridized carbons (Fsp3) is 0.111. The van der Waals surface area contributed by atoms with Crippen LogP contribution in [0.15, 0.2) is 59.8 Å². The van der Waals surface area contributed by atoms with Gasteiger partial charge in [0.15, 0.2) is 0 Å². The molecule has 3 aromatic rings. The predicted molar refractivity (Wildman–Crippen MR) is 97.2 cm³/mol. The van der Waals surface area contributed by atoms with Crippen molar-refractivity contribution in [3.63, 3.8) is 0 Å². The van der Waals surface area contributed by atoms with Crippen LogP contribution in [0, 0.1) is 13.8 Å². The van der Waals surface area contributed by atoms with Crippen molar-refractivity contribution in [1.82, 2.24) is 9.78 Å². The number of nitrogens with zero attached hydrogens (tertiary/aromatic N) is 2. The summed E-state index contributed by atoms with van der Waals surface area (Å²) in [6.45, 7) is 3.60. The molecule has 134 valence electrons. The van der Waals surface area contributed by atoms with Crippen molar-refractivity contribution in [2.75, 3.05) is 4.72 Å². The Morgan fingerprint density at radius 1 is 1.12 bits per heavy atom. The first-order valence-corrected chi connectivity index (χ1v) is 9.23. The zero-order valence-corrected chi connectivity index (χ0v) is 15.0. The maximum Gasteiger partial charge on any atom is 0.336 e. The van der Waals surface area contributed by atoms with Crippen LogP contribution in [0.3, 0.4) is 0 Å². The molecule has 0 aliphatic carbocycles. The van der Waals surface area contributed by atoms with Crippen LogP contribution >= 0.6 is 0 Å². The average molecular weight is 371 g/mol. The normalized spacial score (nSPS) is 11.3. The number of hydrogen-bond acceptors (Lipinski definition) is 4. The first-order chi connectivity index (χ1) is 12.3. The highest BCUT2D eigenvalue weighted by Crippen LogP contribution is 2.20. The Labute approximate surface area is 151 Å². The molecule has 0 saturated heterocycles. The Kier molecular flexibility index (Phi) is 4.52. The van der Waals surface area contributed by atoms with Crippen molar-refractivity contribution in [2.45, 2.75) is 18.7 Å². The largest absolute Gasteiger partial charge is 0.478 e. The molecule has 2 aromatic carbocycles. The van der Waals surface area contributed by atoms with Crippen molar-refractivity contribution in [1.29, 1.82) is 0 Å². The average Bonchev–Trinajstić information content (AvgIpc) is 3.08. The van der Waals surface area contributed by atoms with E-state index in [9.17, 15) is 13.2 Å².